The molecule has 0 spiro atoms. The van der Waals surface area contributed by atoms with E-state index in [1.54, 1.807) is 0 Å². The summed E-state index contributed by atoms with van der Waals surface area (Å²) >= 11 is 0. The molecule has 1 unspecified atom stereocenters. The molecule has 1 atom stereocenters. The summed E-state index contributed by atoms with van der Waals surface area (Å²) in [6.45, 7) is 2.65. The van der Waals surface area contributed by atoms with Crippen LogP contribution in [0.15, 0.2) is 28.8 Å². The minimum absolute atomic E-state index is 0.231. The van der Waals surface area contributed by atoms with Gasteiger partial charge in [-0.1, -0.05) is 12.1 Å². The summed E-state index contributed by atoms with van der Waals surface area (Å²) in [5, 5.41) is 7.44. The Hall–Kier alpha value is -2.24. The monoisotopic (exact) mass is 286 g/mol. The summed E-state index contributed by atoms with van der Waals surface area (Å²) in [5.74, 6) is 2.05. The van der Waals surface area contributed by atoms with Gasteiger partial charge in [0.1, 0.15) is 5.75 Å². The van der Waals surface area contributed by atoms with Crippen LogP contribution in [0.5, 0.6) is 5.75 Å². The molecule has 1 fully saturated rings. The molecule has 2 aliphatic rings. The van der Waals surface area contributed by atoms with E-state index in [0.29, 0.717) is 18.4 Å². The van der Waals surface area contributed by atoms with Gasteiger partial charge in [0.2, 0.25) is 0 Å². The Morgan fingerprint density at radius 3 is 2.90 bits per heavy atom. The Morgan fingerprint density at radius 1 is 1.14 bits per heavy atom. The molecule has 0 amide bonds. The first-order valence-corrected chi connectivity index (χ1v) is 7.48. The topological polar surface area (TPSA) is 63.4 Å². The Labute approximate surface area is 123 Å². The average Bonchev–Trinajstić information content (AvgIpc) is 3.05. The Bertz CT molecular complexity index is 622. The summed E-state index contributed by atoms with van der Waals surface area (Å²) in [5.41, 5.74) is 1.00. The summed E-state index contributed by atoms with van der Waals surface area (Å²) in [6, 6.07) is 7.88. The molecule has 0 radical (unpaired) electrons. The molecular weight excluding hydrogens is 268 g/mol. The van der Waals surface area contributed by atoms with Crippen molar-refractivity contribution in [3.63, 3.8) is 0 Å². The first-order chi connectivity index (χ1) is 10.4. The van der Waals surface area contributed by atoms with E-state index >= 15 is 0 Å². The van der Waals surface area contributed by atoms with Gasteiger partial charge in [0, 0.05) is 13.1 Å². The van der Waals surface area contributed by atoms with Crippen molar-refractivity contribution in [3.05, 3.63) is 30.2 Å². The van der Waals surface area contributed by atoms with Crippen LogP contribution in [0.4, 0.5) is 11.6 Å². The summed E-state index contributed by atoms with van der Waals surface area (Å²) in [7, 11) is 0. The molecule has 2 aromatic rings. The molecule has 21 heavy (non-hydrogen) atoms. The molecule has 1 saturated heterocycles. The Kier molecular flexibility index (Phi) is 3.14. The predicted molar refractivity (Wildman–Crippen MR) is 78.7 cm³/mol. The van der Waals surface area contributed by atoms with Gasteiger partial charge < -0.3 is 19.5 Å². The van der Waals surface area contributed by atoms with E-state index in [2.05, 4.69) is 20.4 Å². The zero-order valence-electron chi connectivity index (χ0n) is 11.8. The maximum Gasteiger partial charge on any atom is 0.271 e. The Balaban J connectivity index is 1.51. The zero-order chi connectivity index (χ0) is 14.1. The normalized spacial score (nSPS) is 21.3. The first-order valence-electron chi connectivity index (χ1n) is 7.48. The fraction of sp³-hybridized carbons (Fsp3) is 0.467. The van der Waals surface area contributed by atoms with Crippen LogP contribution in [0.2, 0.25) is 0 Å². The number of benzene rings is 1. The van der Waals surface area contributed by atoms with E-state index in [4.69, 9.17) is 9.26 Å². The number of fused-ring (bicyclic) bond motifs is 1. The highest BCUT2D eigenvalue weighted by Gasteiger charge is 2.27. The lowest BCUT2D eigenvalue weighted by Crippen LogP contribution is -2.30. The number of piperidine rings is 1. The number of nitrogens with zero attached hydrogens (tertiary/aromatic N) is 3. The number of hydrogen-bond donors (Lipinski definition) is 1. The number of hydrogen-bond acceptors (Lipinski definition) is 6. The van der Waals surface area contributed by atoms with Gasteiger partial charge >= 0.3 is 0 Å². The maximum atomic E-state index is 5.94. The zero-order valence-corrected chi connectivity index (χ0v) is 11.8. The molecule has 1 aromatic heterocycles. The van der Waals surface area contributed by atoms with Crippen LogP contribution in [-0.4, -0.2) is 29.8 Å². The van der Waals surface area contributed by atoms with E-state index in [-0.39, 0.29) is 6.10 Å². The molecule has 0 aliphatic carbocycles. The van der Waals surface area contributed by atoms with Crippen LogP contribution < -0.4 is 15.0 Å². The lowest BCUT2D eigenvalue weighted by Gasteiger charge is -2.25. The van der Waals surface area contributed by atoms with Crippen molar-refractivity contribution in [2.24, 2.45) is 0 Å². The van der Waals surface area contributed by atoms with E-state index < -0.39 is 0 Å². The van der Waals surface area contributed by atoms with E-state index in [0.717, 1.165) is 24.5 Å². The number of ether oxygens (including phenoxy) is 1. The molecule has 4 rings (SSSR count). The average molecular weight is 286 g/mol. The minimum Gasteiger partial charge on any atom is -0.477 e. The van der Waals surface area contributed by atoms with Gasteiger partial charge in [0.05, 0.1) is 12.2 Å². The minimum atomic E-state index is -0.231. The van der Waals surface area contributed by atoms with Gasteiger partial charge in [-0.05, 0) is 36.6 Å². The number of aromatic nitrogens is 2. The second-order valence-corrected chi connectivity index (χ2v) is 5.46. The van der Waals surface area contributed by atoms with Crippen LogP contribution in [0.25, 0.3) is 0 Å². The number of anilines is 2. The van der Waals surface area contributed by atoms with Crippen LogP contribution in [0.3, 0.4) is 0 Å². The molecule has 3 heterocycles. The molecule has 6 nitrogen and oxygen atoms in total. The van der Waals surface area contributed by atoms with Gasteiger partial charge in [0.25, 0.3) is 11.8 Å². The summed E-state index contributed by atoms with van der Waals surface area (Å²) < 4.78 is 11.3. The van der Waals surface area contributed by atoms with Crippen molar-refractivity contribution in [2.75, 3.05) is 29.9 Å². The van der Waals surface area contributed by atoms with Crippen LogP contribution in [0, 0.1) is 0 Å². The summed E-state index contributed by atoms with van der Waals surface area (Å²) in [4.78, 5) is 6.69. The second-order valence-electron chi connectivity index (χ2n) is 5.46. The van der Waals surface area contributed by atoms with Crippen LogP contribution in [0.1, 0.15) is 31.3 Å². The van der Waals surface area contributed by atoms with Crippen molar-refractivity contribution in [1.82, 2.24) is 10.1 Å². The second kappa shape index (κ2) is 5.27. The molecule has 0 saturated carbocycles. The molecule has 2 aliphatic heterocycles. The number of para-hydroxylation sites is 2. The highest BCUT2D eigenvalue weighted by molar-refractivity contribution is 5.57. The quantitative estimate of drug-likeness (QED) is 0.915. The van der Waals surface area contributed by atoms with Crippen molar-refractivity contribution in [3.8, 4) is 5.75 Å². The standard InChI is InChI=1S/C15H18N4O2/c1-4-8-19(9-5-1)15-17-14(21-18-15)13-10-16-11-6-2-3-7-12(11)20-13/h2-3,6-7,13,16H,1,4-5,8-10H2. The first kappa shape index (κ1) is 12.5. The number of nitrogens with one attached hydrogen (secondary N) is 1. The Morgan fingerprint density at radius 2 is 2.00 bits per heavy atom. The van der Waals surface area contributed by atoms with Gasteiger partial charge in [-0.3, -0.25) is 0 Å². The van der Waals surface area contributed by atoms with E-state index in [9.17, 15) is 0 Å². The van der Waals surface area contributed by atoms with Crippen molar-refractivity contribution >= 4 is 11.6 Å². The third-order valence-corrected chi connectivity index (χ3v) is 3.98. The van der Waals surface area contributed by atoms with Crippen molar-refractivity contribution < 1.29 is 9.26 Å². The highest BCUT2D eigenvalue weighted by Crippen LogP contribution is 2.33. The van der Waals surface area contributed by atoms with E-state index in [1.807, 2.05) is 24.3 Å². The van der Waals surface area contributed by atoms with Gasteiger partial charge in [-0.25, -0.2) is 0 Å². The molecule has 1 aromatic carbocycles. The summed E-state index contributed by atoms with van der Waals surface area (Å²) in [6.07, 6.45) is 3.44. The molecular formula is C15H18N4O2. The van der Waals surface area contributed by atoms with Crippen molar-refractivity contribution in [2.45, 2.75) is 25.4 Å². The molecule has 6 heteroatoms. The van der Waals surface area contributed by atoms with Gasteiger partial charge in [-0.15, -0.1) is 0 Å². The SMILES string of the molecule is c1ccc2c(c1)NCC(c1nc(N3CCCCC3)no1)O2. The van der Waals surface area contributed by atoms with Crippen LogP contribution >= 0.6 is 0 Å². The van der Waals surface area contributed by atoms with E-state index in [1.165, 1.54) is 19.3 Å². The lowest BCUT2D eigenvalue weighted by atomic mass is 10.1. The fourth-order valence-corrected chi connectivity index (χ4v) is 2.83. The number of rotatable bonds is 2. The van der Waals surface area contributed by atoms with Crippen molar-refractivity contribution in [1.29, 1.82) is 0 Å². The molecule has 1 N–H and O–H groups in total. The maximum absolute atomic E-state index is 5.94. The predicted octanol–water partition coefficient (Wildman–Crippen LogP) is 2.61. The third kappa shape index (κ3) is 2.41. The molecule has 110 valence electrons. The lowest BCUT2D eigenvalue weighted by molar-refractivity contribution is 0.163. The highest BCUT2D eigenvalue weighted by atomic mass is 16.5. The third-order valence-electron chi connectivity index (χ3n) is 3.98. The smallest absolute Gasteiger partial charge is 0.271 e. The largest absolute Gasteiger partial charge is 0.477 e. The van der Waals surface area contributed by atoms with Gasteiger partial charge in [-0.2, -0.15) is 4.98 Å². The van der Waals surface area contributed by atoms with Crippen LogP contribution in [-0.2, 0) is 0 Å². The van der Waals surface area contributed by atoms with Gasteiger partial charge in [0.15, 0.2) is 6.10 Å². The molecule has 0 bridgehead atoms. The fourth-order valence-electron chi connectivity index (χ4n) is 2.83.